The van der Waals surface area contributed by atoms with Crippen LogP contribution in [0.2, 0.25) is 0 Å². The van der Waals surface area contributed by atoms with Crippen molar-refractivity contribution < 1.29 is 9.90 Å². The molecule has 0 aromatic heterocycles. The lowest BCUT2D eigenvalue weighted by atomic mass is 9.79. The number of carbonyl (C=O) groups excluding carboxylic acids is 1. The van der Waals surface area contributed by atoms with Crippen LogP contribution < -0.4 is 5.32 Å². The Balaban J connectivity index is 1.64. The summed E-state index contributed by atoms with van der Waals surface area (Å²) < 4.78 is 0. The molecule has 0 unspecified atom stereocenters. The van der Waals surface area contributed by atoms with Crippen molar-refractivity contribution >= 4 is 5.91 Å². The molecule has 2 aliphatic rings. The summed E-state index contributed by atoms with van der Waals surface area (Å²) in [6.07, 6.45) is 7.15. The predicted octanol–water partition coefficient (Wildman–Crippen LogP) is 2.94. The molecular formula is C20H30N2O2. The molecule has 132 valence electrons. The van der Waals surface area contributed by atoms with Gasteiger partial charge in [-0.3, -0.25) is 9.69 Å². The summed E-state index contributed by atoms with van der Waals surface area (Å²) in [6, 6.07) is 7.85. The minimum Gasteiger partial charge on any atom is -0.387 e. The molecule has 4 nitrogen and oxygen atoms in total. The average Bonchev–Trinajstić information content (AvgIpc) is 3.15. The number of nitrogens with one attached hydrogen (secondary N) is 1. The summed E-state index contributed by atoms with van der Waals surface area (Å²) in [4.78, 5) is 15.4. The topological polar surface area (TPSA) is 52.6 Å². The number of carbonyl (C=O) groups is 1. The van der Waals surface area contributed by atoms with Gasteiger partial charge in [-0.05, 0) is 51.3 Å². The van der Waals surface area contributed by atoms with Crippen molar-refractivity contribution in [1.29, 1.82) is 0 Å². The van der Waals surface area contributed by atoms with Crippen LogP contribution in [0.5, 0.6) is 0 Å². The summed E-state index contributed by atoms with van der Waals surface area (Å²) in [6.45, 7) is 4.39. The summed E-state index contributed by atoms with van der Waals surface area (Å²) in [5.41, 5.74) is 1.70. The van der Waals surface area contributed by atoms with E-state index >= 15 is 0 Å². The lowest BCUT2D eigenvalue weighted by molar-refractivity contribution is -0.135. The molecule has 1 heterocycles. The third-order valence-electron chi connectivity index (χ3n) is 5.73. The Labute approximate surface area is 145 Å². The minimum atomic E-state index is -0.645. The molecule has 1 aliphatic carbocycles. The van der Waals surface area contributed by atoms with Crippen LogP contribution in [0.3, 0.4) is 0 Å². The van der Waals surface area contributed by atoms with Gasteiger partial charge < -0.3 is 10.4 Å². The highest BCUT2D eigenvalue weighted by molar-refractivity contribution is 5.86. The number of hydrogen-bond donors (Lipinski definition) is 2. The SMILES string of the molecule is Cc1ccc([C@@H](O)CNC(=O)C2(N3CCCC3)CCCCC2)cc1. The van der Waals surface area contributed by atoms with Gasteiger partial charge in [0.05, 0.1) is 6.10 Å². The number of aryl methyl sites for hydroxylation is 1. The summed E-state index contributed by atoms with van der Waals surface area (Å²) >= 11 is 0. The van der Waals surface area contributed by atoms with E-state index in [1.165, 1.54) is 24.8 Å². The van der Waals surface area contributed by atoms with Gasteiger partial charge in [0, 0.05) is 6.54 Å². The second-order valence-electron chi connectivity index (χ2n) is 7.42. The normalized spacial score (nSPS) is 22.2. The second kappa shape index (κ2) is 7.66. The van der Waals surface area contributed by atoms with Crippen LogP contribution in [0.15, 0.2) is 24.3 Å². The van der Waals surface area contributed by atoms with Crippen molar-refractivity contribution in [2.75, 3.05) is 19.6 Å². The number of amides is 1. The highest BCUT2D eigenvalue weighted by Crippen LogP contribution is 2.36. The molecule has 1 aromatic carbocycles. The number of hydrogen-bond acceptors (Lipinski definition) is 3. The maximum Gasteiger partial charge on any atom is 0.240 e. The zero-order valence-corrected chi connectivity index (χ0v) is 14.8. The van der Waals surface area contributed by atoms with Gasteiger partial charge in [-0.1, -0.05) is 49.1 Å². The van der Waals surface area contributed by atoms with Gasteiger partial charge in [0.15, 0.2) is 0 Å². The highest BCUT2D eigenvalue weighted by atomic mass is 16.3. The van der Waals surface area contributed by atoms with E-state index in [1.807, 2.05) is 31.2 Å². The standard InChI is InChI=1S/C20H30N2O2/c1-16-7-9-17(10-8-16)18(23)15-21-19(24)20(11-3-2-4-12-20)22-13-5-6-14-22/h7-10,18,23H,2-6,11-15H2,1H3,(H,21,24)/t18-/m0/s1. The zero-order valence-electron chi connectivity index (χ0n) is 14.8. The first-order valence-corrected chi connectivity index (χ1v) is 9.40. The van der Waals surface area contributed by atoms with Gasteiger partial charge in [-0.2, -0.15) is 0 Å². The smallest absolute Gasteiger partial charge is 0.240 e. The number of benzene rings is 1. The molecule has 2 fully saturated rings. The Bertz CT molecular complexity index is 543. The van der Waals surface area contributed by atoms with Crippen molar-refractivity contribution in [2.45, 2.75) is 63.5 Å². The first kappa shape index (κ1) is 17.4. The van der Waals surface area contributed by atoms with E-state index in [-0.39, 0.29) is 18.0 Å². The molecule has 1 aromatic rings. The van der Waals surface area contributed by atoms with Crippen LogP contribution in [-0.4, -0.2) is 41.1 Å². The molecule has 0 radical (unpaired) electrons. The molecule has 4 heteroatoms. The molecule has 0 spiro atoms. The van der Waals surface area contributed by atoms with E-state index in [4.69, 9.17) is 0 Å². The Morgan fingerprint density at radius 3 is 2.38 bits per heavy atom. The second-order valence-corrected chi connectivity index (χ2v) is 7.42. The first-order chi connectivity index (χ1) is 11.6. The number of nitrogens with zero attached hydrogens (tertiary/aromatic N) is 1. The van der Waals surface area contributed by atoms with E-state index < -0.39 is 6.10 Å². The van der Waals surface area contributed by atoms with Crippen LogP contribution in [0.1, 0.15) is 62.2 Å². The van der Waals surface area contributed by atoms with Crippen molar-refractivity contribution in [2.24, 2.45) is 0 Å². The molecular weight excluding hydrogens is 300 g/mol. The molecule has 1 atom stereocenters. The van der Waals surface area contributed by atoms with Crippen LogP contribution in [0, 0.1) is 6.92 Å². The van der Waals surface area contributed by atoms with E-state index in [9.17, 15) is 9.90 Å². The van der Waals surface area contributed by atoms with Crippen LogP contribution >= 0.6 is 0 Å². The number of likely N-dealkylation sites (tertiary alicyclic amines) is 1. The van der Waals surface area contributed by atoms with E-state index in [1.54, 1.807) is 0 Å². The van der Waals surface area contributed by atoms with E-state index in [0.717, 1.165) is 44.3 Å². The van der Waals surface area contributed by atoms with E-state index in [0.29, 0.717) is 0 Å². The van der Waals surface area contributed by atoms with Crippen LogP contribution in [-0.2, 0) is 4.79 Å². The molecule has 24 heavy (non-hydrogen) atoms. The van der Waals surface area contributed by atoms with E-state index in [2.05, 4.69) is 10.2 Å². The molecule has 1 amide bonds. The molecule has 1 saturated carbocycles. The van der Waals surface area contributed by atoms with Crippen molar-refractivity contribution in [3.05, 3.63) is 35.4 Å². The number of aliphatic hydroxyl groups is 1. The maximum atomic E-state index is 13.0. The van der Waals surface area contributed by atoms with Gasteiger partial charge >= 0.3 is 0 Å². The number of aliphatic hydroxyl groups excluding tert-OH is 1. The summed E-state index contributed by atoms with van der Waals surface area (Å²) in [5.74, 6) is 0.121. The predicted molar refractivity (Wildman–Crippen MR) is 95.8 cm³/mol. The fraction of sp³-hybridized carbons (Fsp3) is 0.650. The van der Waals surface area contributed by atoms with Crippen molar-refractivity contribution in [3.8, 4) is 0 Å². The molecule has 1 aliphatic heterocycles. The van der Waals surface area contributed by atoms with Crippen LogP contribution in [0.4, 0.5) is 0 Å². The van der Waals surface area contributed by atoms with Crippen LogP contribution in [0.25, 0.3) is 0 Å². The summed E-state index contributed by atoms with van der Waals surface area (Å²) in [5, 5.41) is 13.4. The maximum absolute atomic E-state index is 13.0. The third-order valence-corrected chi connectivity index (χ3v) is 5.73. The fourth-order valence-corrected chi connectivity index (χ4v) is 4.23. The van der Waals surface area contributed by atoms with Gasteiger partial charge in [0.1, 0.15) is 5.54 Å². The lowest BCUT2D eigenvalue weighted by Gasteiger charge is -2.43. The Morgan fingerprint density at radius 2 is 1.75 bits per heavy atom. The Hall–Kier alpha value is -1.39. The average molecular weight is 330 g/mol. The number of rotatable bonds is 5. The van der Waals surface area contributed by atoms with Gasteiger partial charge in [0.2, 0.25) is 5.91 Å². The highest BCUT2D eigenvalue weighted by Gasteiger charge is 2.45. The largest absolute Gasteiger partial charge is 0.387 e. The summed E-state index contributed by atoms with van der Waals surface area (Å²) in [7, 11) is 0. The molecule has 0 bridgehead atoms. The fourth-order valence-electron chi connectivity index (χ4n) is 4.23. The van der Waals surface area contributed by atoms with Gasteiger partial charge in [0.25, 0.3) is 0 Å². The minimum absolute atomic E-state index is 0.121. The zero-order chi connectivity index (χ0) is 17.0. The lowest BCUT2D eigenvalue weighted by Crippen LogP contribution is -2.59. The molecule has 1 saturated heterocycles. The Kier molecular flexibility index (Phi) is 5.57. The Morgan fingerprint density at radius 1 is 1.12 bits per heavy atom. The van der Waals surface area contributed by atoms with Crippen molar-refractivity contribution in [1.82, 2.24) is 10.2 Å². The van der Waals surface area contributed by atoms with Gasteiger partial charge in [-0.25, -0.2) is 0 Å². The molecule has 2 N–H and O–H groups in total. The monoisotopic (exact) mass is 330 g/mol. The third kappa shape index (κ3) is 3.65. The van der Waals surface area contributed by atoms with Crippen molar-refractivity contribution in [3.63, 3.8) is 0 Å². The first-order valence-electron chi connectivity index (χ1n) is 9.40. The molecule has 3 rings (SSSR count). The quantitative estimate of drug-likeness (QED) is 0.873. The van der Waals surface area contributed by atoms with Gasteiger partial charge in [-0.15, -0.1) is 0 Å².